The number of carbonyl (C=O) groups is 1. The van der Waals surface area contributed by atoms with Gasteiger partial charge in [0.1, 0.15) is 0 Å². The summed E-state index contributed by atoms with van der Waals surface area (Å²) in [6.07, 6.45) is 5.29. The van der Waals surface area contributed by atoms with Crippen molar-refractivity contribution in [2.75, 3.05) is 6.54 Å². The number of hydrogen-bond acceptors (Lipinski definition) is 2. The third-order valence-corrected chi connectivity index (χ3v) is 4.68. The number of nitrogens with one attached hydrogen (secondary N) is 2. The van der Waals surface area contributed by atoms with Gasteiger partial charge in [0.25, 0.3) is 0 Å². The Morgan fingerprint density at radius 3 is 2.75 bits per heavy atom. The van der Waals surface area contributed by atoms with Crippen LogP contribution in [-0.4, -0.2) is 24.5 Å². The number of benzene rings is 1. The Labute approximate surface area is 128 Å². The Kier molecular flexibility index (Phi) is 4.41. The minimum Gasteiger partial charge on any atom is -0.353 e. The highest BCUT2D eigenvalue weighted by molar-refractivity contribution is 9.10. The van der Waals surface area contributed by atoms with Gasteiger partial charge in [-0.15, -0.1) is 0 Å². The predicted octanol–water partition coefficient (Wildman–Crippen LogP) is 2.95. The minimum atomic E-state index is 0.197. The largest absolute Gasteiger partial charge is 0.353 e. The summed E-state index contributed by atoms with van der Waals surface area (Å²) in [4.78, 5) is 11.5. The molecule has 2 aliphatic carbocycles. The molecule has 20 heavy (non-hydrogen) atoms. The molecule has 2 aliphatic rings. The summed E-state index contributed by atoms with van der Waals surface area (Å²) in [5.74, 6) is 0.869. The number of hydrogen-bond donors (Lipinski definition) is 2. The zero-order valence-corrected chi connectivity index (χ0v) is 13.2. The first kappa shape index (κ1) is 14.1. The molecule has 3 rings (SSSR count). The van der Waals surface area contributed by atoms with Crippen molar-refractivity contribution in [2.24, 2.45) is 0 Å². The Balaban J connectivity index is 1.33. The van der Waals surface area contributed by atoms with Crippen LogP contribution in [-0.2, 0) is 4.79 Å². The molecule has 0 heterocycles. The van der Waals surface area contributed by atoms with Crippen LogP contribution in [0.4, 0.5) is 0 Å². The lowest BCUT2D eigenvalue weighted by molar-refractivity contribution is -0.121. The van der Waals surface area contributed by atoms with E-state index in [1.165, 1.54) is 18.4 Å². The van der Waals surface area contributed by atoms with Crippen molar-refractivity contribution in [2.45, 2.75) is 50.1 Å². The molecular weight excluding hydrogens is 316 g/mol. The number of amides is 1. The van der Waals surface area contributed by atoms with Crippen LogP contribution in [0.1, 0.15) is 43.6 Å². The smallest absolute Gasteiger partial charge is 0.221 e. The summed E-state index contributed by atoms with van der Waals surface area (Å²) in [6, 6.07) is 9.64. The highest BCUT2D eigenvalue weighted by Crippen LogP contribution is 2.37. The van der Waals surface area contributed by atoms with Crippen LogP contribution in [0.5, 0.6) is 0 Å². The monoisotopic (exact) mass is 336 g/mol. The minimum absolute atomic E-state index is 0.197. The Morgan fingerprint density at radius 1 is 1.25 bits per heavy atom. The molecule has 0 aliphatic heterocycles. The van der Waals surface area contributed by atoms with E-state index in [9.17, 15) is 4.79 Å². The van der Waals surface area contributed by atoms with E-state index in [2.05, 4.69) is 50.8 Å². The van der Waals surface area contributed by atoms with E-state index >= 15 is 0 Å². The van der Waals surface area contributed by atoms with Crippen molar-refractivity contribution < 1.29 is 4.79 Å². The van der Waals surface area contributed by atoms with E-state index in [4.69, 9.17) is 0 Å². The van der Waals surface area contributed by atoms with Crippen LogP contribution in [0.25, 0.3) is 0 Å². The van der Waals surface area contributed by atoms with Crippen molar-refractivity contribution in [3.8, 4) is 0 Å². The van der Waals surface area contributed by atoms with Gasteiger partial charge in [0.2, 0.25) is 5.91 Å². The molecule has 0 radical (unpaired) electrons. The molecule has 108 valence electrons. The summed E-state index contributed by atoms with van der Waals surface area (Å²) >= 11 is 3.52. The third-order valence-electron chi connectivity index (χ3n) is 4.19. The average molecular weight is 337 g/mol. The summed E-state index contributed by atoms with van der Waals surface area (Å²) in [5.41, 5.74) is 1.42. The topological polar surface area (TPSA) is 41.1 Å². The normalized spacial score (nSPS) is 25.1. The molecule has 0 saturated heterocycles. The molecule has 0 atom stereocenters. The molecule has 1 amide bonds. The van der Waals surface area contributed by atoms with Gasteiger partial charge in [-0.25, -0.2) is 0 Å². The van der Waals surface area contributed by atoms with Gasteiger partial charge in [-0.1, -0.05) is 28.1 Å². The van der Waals surface area contributed by atoms with Crippen molar-refractivity contribution in [3.63, 3.8) is 0 Å². The molecule has 2 N–H and O–H groups in total. The molecule has 4 heteroatoms. The van der Waals surface area contributed by atoms with Crippen LogP contribution in [0.3, 0.4) is 0 Å². The maximum atomic E-state index is 11.5. The number of carbonyl (C=O) groups excluding carboxylic acids is 1. The molecule has 0 aromatic heterocycles. The van der Waals surface area contributed by atoms with Crippen LogP contribution in [0, 0.1) is 0 Å². The first-order valence-corrected chi connectivity index (χ1v) is 8.28. The summed E-state index contributed by atoms with van der Waals surface area (Å²) in [7, 11) is 0. The Hall–Kier alpha value is -0.870. The molecule has 3 nitrogen and oxygen atoms in total. The molecule has 0 bridgehead atoms. The van der Waals surface area contributed by atoms with Crippen LogP contribution in [0.15, 0.2) is 28.7 Å². The van der Waals surface area contributed by atoms with Crippen LogP contribution >= 0.6 is 15.9 Å². The highest BCUT2D eigenvalue weighted by atomic mass is 79.9. The fraction of sp³-hybridized carbons (Fsp3) is 0.562. The Bertz CT molecular complexity index is 481. The van der Waals surface area contributed by atoms with Gasteiger partial charge in [0, 0.05) is 29.5 Å². The summed E-state index contributed by atoms with van der Waals surface area (Å²) in [5, 5.41) is 6.51. The summed E-state index contributed by atoms with van der Waals surface area (Å²) in [6.45, 7) is 0.800. The van der Waals surface area contributed by atoms with Crippen LogP contribution in [0.2, 0.25) is 0 Å². The third kappa shape index (κ3) is 3.83. The maximum absolute atomic E-state index is 11.5. The number of halogens is 1. The van der Waals surface area contributed by atoms with E-state index in [0.717, 1.165) is 23.9 Å². The second kappa shape index (κ2) is 6.27. The lowest BCUT2D eigenvalue weighted by Crippen LogP contribution is -2.41. The molecule has 1 aromatic rings. The van der Waals surface area contributed by atoms with Gasteiger partial charge < -0.3 is 10.6 Å². The van der Waals surface area contributed by atoms with Crippen molar-refractivity contribution in [3.05, 3.63) is 34.3 Å². The van der Waals surface area contributed by atoms with E-state index in [-0.39, 0.29) is 5.91 Å². The maximum Gasteiger partial charge on any atom is 0.221 e. The highest BCUT2D eigenvalue weighted by Gasteiger charge is 2.30. The standard InChI is InChI=1S/C16H21BrN2O/c17-13-3-1-2-11(8-13)12-9-15(10-12)18-7-6-16(20)19-14-4-5-14/h1-3,8,12,14-15,18H,4-7,9-10H2,(H,19,20). The van der Waals surface area contributed by atoms with Crippen molar-refractivity contribution in [1.82, 2.24) is 10.6 Å². The van der Waals surface area contributed by atoms with E-state index in [0.29, 0.717) is 24.4 Å². The SMILES string of the molecule is O=C(CCNC1CC(c2cccc(Br)c2)C1)NC1CC1. The molecule has 0 spiro atoms. The van der Waals surface area contributed by atoms with E-state index in [1.54, 1.807) is 0 Å². The zero-order valence-electron chi connectivity index (χ0n) is 11.6. The van der Waals surface area contributed by atoms with Gasteiger partial charge in [-0.2, -0.15) is 0 Å². The quantitative estimate of drug-likeness (QED) is 0.838. The van der Waals surface area contributed by atoms with Gasteiger partial charge >= 0.3 is 0 Å². The molecule has 2 saturated carbocycles. The lowest BCUT2D eigenvalue weighted by atomic mass is 9.76. The molecule has 0 unspecified atom stereocenters. The lowest BCUT2D eigenvalue weighted by Gasteiger charge is -2.36. The Morgan fingerprint density at radius 2 is 2.05 bits per heavy atom. The molecule has 2 fully saturated rings. The van der Waals surface area contributed by atoms with E-state index < -0.39 is 0 Å². The second-order valence-electron chi connectivity index (χ2n) is 5.97. The molecular formula is C16H21BrN2O. The average Bonchev–Trinajstić information content (AvgIpc) is 3.16. The fourth-order valence-corrected chi connectivity index (χ4v) is 3.15. The first-order valence-electron chi connectivity index (χ1n) is 7.49. The van der Waals surface area contributed by atoms with Gasteiger partial charge in [0.05, 0.1) is 0 Å². The first-order chi connectivity index (χ1) is 9.70. The van der Waals surface area contributed by atoms with Gasteiger partial charge in [-0.3, -0.25) is 4.79 Å². The van der Waals surface area contributed by atoms with E-state index in [1.807, 2.05) is 0 Å². The second-order valence-corrected chi connectivity index (χ2v) is 6.88. The van der Waals surface area contributed by atoms with Gasteiger partial charge in [-0.05, 0) is 49.3 Å². The van der Waals surface area contributed by atoms with Gasteiger partial charge in [0.15, 0.2) is 0 Å². The van der Waals surface area contributed by atoms with Crippen molar-refractivity contribution >= 4 is 21.8 Å². The number of rotatable bonds is 6. The van der Waals surface area contributed by atoms with Crippen molar-refractivity contribution in [1.29, 1.82) is 0 Å². The summed E-state index contributed by atoms with van der Waals surface area (Å²) < 4.78 is 1.16. The predicted molar refractivity (Wildman–Crippen MR) is 83.7 cm³/mol. The zero-order chi connectivity index (χ0) is 13.9. The van der Waals surface area contributed by atoms with Crippen LogP contribution < -0.4 is 10.6 Å². The molecule has 1 aromatic carbocycles. The fourth-order valence-electron chi connectivity index (χ4n) is 2.73.